The number of aromatic amines is 1. The summed E-state index contributed by atoms with van der Waals surface area (Å²) in [4.78, 5) is 28.9. The summed E-state index contributed by atoms with van der Waals surface area (Å²) in [5.74, 6) is 0.314. The zero-order valence-corrected chi connectivity index (χ0v) is 14.2. The van der Waals surface area contributed by atoms with Crippen molar-refractivity contribution in [3.63, 3.8) is 0 Å². The fraction of sp³-hybridized carbons (Fsp3) is 0.647. The molecular weight excluding hydrogens is 294 g/mol. The summed E-state index contributed by atoms with van der Waals surface area (Å²) < 4.78 is 0. The maximum atomic E-state index is 12.2. The highest BCUT2D eigenvalue weighted by Gasteiger charge is 2.20. The van der Waals surface area contributed by atoms with Crippen molar-refractivity contribution in [2.24, 2.45) is 5.92 Å². The van der Waals surface area contributed by atoms with E-state index in [4.69, 9.17) is 0 Å². The molecular formula is C17H27N3O3. The van der Waals surface area contributed by atoms with Crippen LogP contribution in [0.1, 0.15) is 41.4 Å². The van der Waals surface area contributed by atoms with Crippen LogP contribution in [-0.4, -0.2) is 53.2 Å². The second-order valence-electron chi connectivity index (χ2n) is 6.69. The summed E-state index contributed by atoms with van der Waals surface area (Å²) in [6.07, 6.45) is 1.67. The highest BCUT2D eigenvalue weighted by molar-refractivity contribution is 5.95. The number of nitrogens with zero attached hydrogens (tertiary/aromatic N) is 1. The molecule has 2 heterocycles. The number of amides is 1. The molecule has 1 aliphatic heterocycles. The number of aryl methyl sites for hydroxylation is 2. The van der Waals surface area contributed by atoms with Crippen LogP contribution in [0.5, 0.6) is 0 Å². The van der Waals surface area contributed by atoms with E-state index in [2.05, 4.69) is 22.1 Å². The van der Waals surface area contributed by atoms with Gasteiger partial charge in [-0.25, -0.2) is 0 Å². The monoisotopic (exact) mass is 321 g/mol. The SMILES string of the molecule is Cc1cc(C)c(C(=O)NCC(O)CN2CCC(C)CC2)c(=O)[nH]1. The average molecular weight is 321 g/mol. The Balaban J connectivity index is 1.86. The summed E-state index contributed by atoms with van der Waals surface area (Å²) in [5.41, 5.74) is 1.10. The highest BCUT2D eigenvalue weighted by atomic mass is 16.3. The van der Waals surface area contributed by atoms with E-state index in [1.54, 1.807) is 19.9 Å². The highest BCUT2D eigenvalue weighted by Crippen LogP contribution is 2.15. The Morgan fingerprint density at radius 2 is 2.09 bits per heavy atom. The van der Waals surface area contributed by atoms with E-state index < -0.39 is 12.0 Å². The van der Waals surface area contributed by atoms with Gasteiger partial charge < -0.3 is 20.3 Å². The van der Waals surface area contributed by atoms with Gasteiger partial charge in [-0.3, -0.25) is 9.59 Å². The molecule has 0 aliphatic carbocycles. The first-order valence-electron chi connectivity index (χ1n) is 8.26. The molecule has 1 aromatic heterocycles. The molecule has 23 heavy (non-hydrogen) atoms. The summed E-state index contributed by atoms with van der Waals surface area (Å²) in [6.45, 7) is 8.44. The molecule has 3 N–H and O–H groups in total. The first-order chi connectivity index (χ1) is 10.9. The third kappa shape index (κ3) is 4.91. The lowest BCUT2D eigenvalue weighted by Crippen LogP contribution is -2.43. The second kappa shape index (κ2) is 7.75. The van der Waals surface area contributed by atoms with Crippen molar-refractivity contribution in [1.29, 1.82) is 0 Å². The van der Waals surface area contributed by atoms with Gasteiger partial charge in [-0.1, -0.05) is 6.92 Å². The van der Waals surface area contributed by atoms with Crippen LogP contribution in [-0.2, 0) is 0 Å². The van der Waals surface area contributed by atoms with Gasteiger partial charge in [0, 0.05) is 18.8 Å². The van der Waals surface area contributed by atoms with Crippen LogP contribution in [0.4, 0.5) is 0 Å². The third-order valence-corrected chi connectivity index (χ3v) is 4.44. The summed E-state index contributed by atoms with van der Waals surface area (Å²) in [5, 5.41) is 12.8. The second-order valence-corrected chi connectivity index (χ2v) is 6.69. The number of likely N-dealkylation sites (tertiary alicyclic amines) is 1. The van der Waals surface area contributed by atoms with Gasteiger partial charge in [0.05, 0.1) is 6.10 Å². The molecule has 1 amide bonds. The van der Waals surface area contributed by atoms with Crippen LogP contribution >= 0.6 is 0 Å². The Kier molecular flexibility index (Phi) is 5.96. The molecule has 0 bridgehead atoms. The predicted octanol–water partition coefficient (Wildman–Crippen LogP) is 0.814. The number of hydrogen-bond donors (Lipinski definition) is 3. The van der Waals surface area contributed by atoms with Gasteiger partial charge in [-0.2, -0.15) is 0 Å². The quantitative estimate of drug-likeness (QED) is 0.749. The van der Waals surface area contributed by atoms with E-state index in [0.29, 0.717) is 12.1 Å². The molecule has 0 radical (unpaired) electrons. The maximum Gasteiger partial charge on any atom is 0.261 e. The lowest BCUT2D eigenvalue weighted by atomic mass is 9.99. The topological polar surface area (TPSA) is 85.4 Å². The molecule has 0 spiro atoms. The zero-order valence-electron chi connectivity index (χ0n) is 14.2. The molecule has 1 saturated heterocycles. The molecule has 0 saturated carbocycles. The fourth-order valence-corrected chi connectivity index (χ4v) is 3.04. The summed E-state index contributed by atoms with van der Waals surface area (Å²) in [6, 6.07) is 1.77. The minimum atomic E-state index is -0.628. The van der Waals surface area contributed by atoms with E-state index >= 15 is 0 Å². The van der Waals surface area contributed by atoms with Crippen LogP contribution < -0.4 is 10.9 Å². The Bertz CT molecular complexity index is 604. The molecule has 6 heteroatoms. The van der Waals surface area contributed by atoms with Gasteiger partial charge in [0.1, 0.15) is 5.56 Å². The molecule has 1 unspecified atom stereocenters. The zero-order chi connectivity index (χ0) is 17.0. The number of β-amino-alcohol motifs (C(OH)–C–C–N with tert-alkyl or cyclic N) is 1. The van der Waals surface area contributed by atoms with Gasteiger partial charge in [0.2, 0.25) is 0 Å². The standard InChI is InChI=1S/C17H27N3O3/c1-11-4-6-20(7-5-11)10-14(21)9-18-16(22)15-12(2)8-13(3)19-17(15)23/h8,11,14,21H,4-7,9-10H2,1-3H3,(H,18,22)(H,19,23). The first-order valence-corrected chi connectivity index (χ1v) is 8.26. The van der Waals surface area contributed by atoms with Gasteiger partial charge in [0.15, 0.2) is 0 Å². The minimum Gasteiger partial charge on any atom is -0.390 e. The minimum absolute atomic E-state index is 0.120. The Morgan fingerprint density at radius 1 is 1.43 bits per heavy atom. The number of hydrogen-bond acceptors (Lipinski definition) is 4. The largest absolute Gasteiger partial charge is 0.390 e. The lowest BCUT2D eigenvalue weighted by Gasteiger charge is -2.31. The molecule has 1 aliphatic rings. The Morgan fingerprint density at radius 3 is 2.70 bits per heavy atom. The third-order valence-electron chi connectivity index (χ3n) is 4.44. The molecule has 6 nitrogen and oxygen atoms in total. The van der Waals surface area contributed by atoms with Crippen LogP contribution in [0.15, 0.2) is 10.9 Å². The molecule has 0 aromatic carbocycles. The van der Waals surface area contributed by atoms with Crippen molar-refractivity contribution in [1.82, 2.24) is 15.2 Å². The molecule has 1 aromatic rings. The Labute approximate surface area is 136 Å². The Hall–Kier alpha value is -1.66. The van der Waals surface area contributed by atoms with Crippen molar-refractivity contribution in [2.45, 2.75) is 39.7 Å². The van der Waals surface area contributed by atoms with E-state index in [-0.39, 0.29) is 17.7 Å². The number of carbonyl (C=O) groups is 1. The first kappa shape index (κ1) is 17.7. The van der Waals surface area contributed by atoms with Crippen molar-refractivity contribution in [3.05, 3.63) is 33.2 Å². The van der Waals surface area contributed by atoms with Crippen LogP contribution in [0, 0.1) is 19.8 Å². The average Bonchev–Trinajstić information content (AvgIpc) is 2.46. The van der Waals surface area contributed by atoms with Crippen LogP contribution in [0.25, 0.3) is 0 Å². The van der Waals surface area contributed by atoms with E-state index in [0.717, 1.165) is 37.5 Å². The number of carbonyl (C=O) groups excluding carboxylic acids is 1. The van der Waals surface area contributed by atoms with Gasteiger partial charge in [-0.15, -0.1) is 0 Å². The predicted molar refractivity (Wildman–Crippen MR) is 89.7 cm³/mol. The van der Waals surface area contributed by atoms with Crippen molar-refractivity contribution in [3.8, 4) is 0 Å². The van der Waals surface area contributed by atoms with Crippen molar-refractivity contribution >= 4 is 5.91 Å². The number of aromatic nitrogens is 1. The molecule has 128 valence electrons. The van der Waals surface area contributed by atoms with E-state index in [9.17, 15) is 14.7 Å². The lowest BCUT2D eigenvalue weighted by molar-refractivity contribution is 0.0794. The number of piperidine rings is 1. The van der Waals surface area contributed by atoms with Crippen molar-refractivity contribution < 1.29 is 9.90 Å². The van der Waals surface area contributed by atoms with Gasteiger partial charge >= 0.3 is 0 Å². The number of aliphatic hydroxyl groups is 1. The number of pyridine rings is 1. The number of aliphatic hydroxyl groups excluding tert-OH is 1. The number of H-pyrrole nitrogens is 1. The molecule has 2 rings (SSSR count). The fourth-order valence-electron chi connectivity index (χ4n) is 3.04. The molecule has 1 atom stereocenters. The van der Waals surface area contributed by atoms with Gasteiger partial charge in [-0.05, 0) is 57.3 Å². The molecule has 1 fully saturated rings. The van der Waals surface area contributed by atoms with Crippen LogP contribution in [0.2, 0.25) is 0 Å². The van der Waals surface area contributed by atoms with Crippen LogP contribution in [0.3, 0.4) is 0 Å². The number of rotatable bonds is 5. The summed E-state index contributed by atoms with van der Waals surface area (Å²) >= 11 is 0. The van der Waals surface area contributed by atoms with Gasteiger partial charge in [0.25, 0.3) is 11.5 Å². The smallest absolute Gasteiger partial charge is 0.261 e. The van der Waals surface area contributed by atoms with E-state index in [1.165, 1.54) is 0 Å². The summed E-state index contributed by atoms with van der Waals surface area (Å²) in [7, 11) is 0. The maximum absolute atomic E-state index is 12.2. The normalized spacial score (nSPS) is 17.9. The van der Waals surface area contributed by atoms with Crippen molar-refractivity contribution in [2.75, 3.05) is 26.2 Å². The number of nitrogens with one attached hydrogen (secondary N) is 2. The van der Waals surface area contributed by atoms with E-state index in [1.807, 2.05) is 0 Å².